The van der Waals surface area contributed by atoms with Gasteiger partial charge in [-0.15, -0.1) is 11.3 Å². The molecule has 0 fully saturated rings. The second-order valence-corrected chi connectivity index (χ2v) is 5.66. The number of thiazole rings is 1. The van der Waals surface area contributed by atoms with E-state index >= 15 is 0 Å². The van der Waals surface area contributed by atoms with Crippen molar-refractivity contribution in [1.82, 2.24) is 9.97 Å². The van der Waals surface area contributed by atoms with Gasteiger partial charge in [0.05, 0.1) is 5.69 Å². The Morgan fingerprint density at radius 1 is 0.900 bits per heavy atom. The average Bonchev–Trinajstić information content (AvgIpc) is 2.88. The smallest absolute Gasteiger partial charge is 0.124 e. The number of anilines is 1. The quantitative estimate of drug-likeness (QED) is 0.720. The maximum absolute atomic E-state index is 5.71. The molecule has 0 aliphatic carbocycles. The SMILES string of the molecule is Cc1cc(-c2nc(-c3ccc(N)cc3)cs2)cc(C)n1. The zero-order valence-corrected chi connectivity index (χ0v) is 12.2. The summed E-state index contributed by atoms with van der Waals surface area (Å²) in [4.78, 5) is 9.11. The van der Waals surface area contributed by atoms with Gasteiger partial charge in [-0.25, -0.2) is 4.98 Å². The highest BCUT2D eigenvalue weighted by molar-refractivity contribution is 7.13. The summed E-state index contributed by atoms with van der Waals surface area (Å²) in [5, 5.41) is 3.09. The van der Waals surface area contributed by atoms with Gasteiger partial charge in [-0.2, -0.15) is 0 Å². The predicted molar refractivity (Wildman–Crippen MR) is 84.7 cm³/mol. The summed E-state index contributed by atoms with van der Waals surface area (Å²) in [5.74, 6) is 0. The van der Waals surface area contributed by atoms with Gasteiger partial charge in [-0.3, -0.25) is 4.98 Å². The third-order valence-electron chi connectivity index (χ3n) is 3.04. The van der Waals surface area contributed by atoms with Crippen LogP contribution in [0.5, 0.6) is 0 Å². The van der Waals surface area contributed by atoms with Crippen molar-refractivity contribution in [3.05, 3.63) is 53.2 Å². The van der Waals surface area contributed by atoms with E-state index in [1.54, 1.807) is 11.3 Å². The Bertz CT molecular complexity index is 724. The number of hydrogen-bond acceptors (Lipinski definition) is 4. The Kier molecular flexibility index (Phi) is 3.24. The van der Waals surface area contributed by atoms with Gasteiger partial charge in [-0.1, -0.05) is 12.1 Å². The number of nitrogens with two attached hydrogens (primary N) is 1. The van der Waals surface area contributed by atoms with Gasteiger partial charge in [-0.05, 0) is 38.1 Å². The van der Waals surface area contributed by atoms with Crippen LogP contribution in [-0.4, -0.2) is 9.97 Å². The van der Waals surface area contributed by atoms with Crippen LogP contribution in [0.15, 0.2) is 41.8 Å². The van der Waals surface area contributed by atoms with E-state index in [0.29, 0.717) is 0 Å². The molecule has 3 nitrogen and oxygen atoms in total. The lowest BCUT2D eigenvalue weighted by Crippen LogP contribution is -1.88. The van der Waals surface area contributed by atoms with Crippen molar-refractivity contribution in [3.63, 3.8) is 0 Å². The van der Waals surface area contributed by atoms with E-state index in [9.17, 15) is 0 Å². The maximum atomic E-state index is 5.71. The molecule has 1 aromatic carbocycles. The summed E-state index contributed by atoms with van der Waals surface area (Å²) >= 11 is 1.65. The van der Waals surface area contributed by atoms with Crippen LogP contribution in [0.25, 0.3) is 21.8 Å². The molecule has 4 heteroatoms. The molecule has 0 atom stereocenters. The third kappa shape index (κ3) is 2.56. The first-order valence-corrected chi connectivity index (χ1v) is 7.27. The monoisotopic (exact) mass is 281 g/mol. The molecule has 0 radical (unpaired) electrons. The Morgan fingerprint density at radius 2 is 1.55 bits per heavy atom. The Labute approximate surface area is 122 Å². The highest BCUT2D eigenvalue weighted by Gasteiger charge is 2.08. The molecule has 3 aromatic rings. The van der Waals surface area contributed by atoms with Gasteiger partial charge >= 0.3 is 0 Å². The van der Waals surface area contributed by atoms with Crippen LogP contribution in [0, 0.1) is 13.8 Å². The van der Waals surface area contributed by atoms with Crippen LogP contribution >= 0.6 is 11.3 Å². The molecule has 0 aliphatic rings. The molecule has 0 saturated heterocycles. The van der Waals surface area contributed by atoms with E-state index in [4.69, 9.17) is 10.7 Å². The van der Waals surface area contributed by atoms with Gasteiger partial charge in [0.25, 0.3) is 0 Å². The second kappa shape index (κ2) is 5.06. The van der Waals surface area contributed by atoms with Crippen molar-refractivity contribution in [2.75, 3.05) is 5.73 Å². The van der Waals surface area contributed by atoms with Crippen molar-refractivity contribution >= 4 is 17.0 Å². The molecule has 3 rings (SSSR count). The fourth-order valence-electron chi connectivity index (χ4n) is 2.15. The minimum Gasteiger partial charge on any atom is -0.399 e. The highest BCUT2D eigenvalue weighted by Crippen LogP contribution is 2.29. The minimum atomic E-state index is 0.768. The molecule has 0 unspecified atom stereocenters. The number of hydrogen-bond donors (Lipinski definition) is 1. The van der Waals surface area contributed by atoms with Crippen molar-refractivity contribution in [2.45, 2.75) is 13.8 Å². The molecular weight excluding hydrogens is 266 g/mol. The molecule has 0 saturated carbocycles. The molecule has 2 heterocycles. The van der Waals surface area contributed by atoms with Crippen LogP contribution in [0.4, 0.5) is 5.69 Å². The zero-order valence-electron chi connectivity index (χ0n) is 11.4. The predicted octanol–water partition coefficient (Wildman–Crippen LogP) is 4.07. The first-order valence-electron chi connectivity index (χ1n) is 6.39. The van der Waals surface area contributed by atoms with Crippen molar-refractivity contribution in [3.8, 4) is 21.8 Å². The summed E-state index contributed by atoms with van der Waals surface area (Å²) in [5.41, 5.74) is 11.7. The summed E-state index contributed by atoms with van der Waals surface area (Å²) in [6.07, 6.45) is 0. The molecule has 0 amide bonds. The Hall–Kier alpha value is -2.20. The summed E-state index contributed by atoms with van der Waals surface area (Å²) < 4.78 is 0. The lowest BCUT2D eigenvalue weighted by molar-refractivity contribution is 1.12. The number of rotatable bonds is 2. The van der Waals surface area contributed by atoms with E-state index in [1.165, 1.54) is 0 Å². The molecule has 100 valence electrons. The number of nitrogens with zero attached hydrogens (tertiary/aromatic N) is 2. The first-order chi connectivity index (χ1) is 9.61. The molecule has 20 heavy (non-hydrogen) atoms. The van der Waals surface area contributed by atoms with E-state index in [1.807, 2.05) is 38.1 Å². The van der Waals surface area contributed by atoms with Gasteiger partial charge in [0, 0.05) is 33.6 Å². The Morgan fingerprint density at radius 3 is 2.20 bits per heavy atom. The minimum absolute atomic E-state index is 0.768. The molecule has 2 N–H and O–H groups in total. The molecular formula is C16H15N3S. The third-order valence-corrected chi connectivity index (χ3v) is 3.93. The maximum Gasteiger partial charge on any atom is 0.124 e. The fraction of sp³-hybridized carbons (Fsp3) is 0.125. The normalized spacial score (nSPS) is 10.7. The number of aromatic nitrogens is 2. The zero-order chi connectivity index (χ0) is 14.1. The van der Waals surface area contributed by atoms with Gasteiger partial charge < -0.3 is 5.73 Å². The lowest BCUT2D eigenvalue weighted by atomic mass is 10.1. The molecule has 2 aromatic heterocycles. The van der Waals surface area contributed by atoms with Crippen molar-refractivity contribution in [1.29, 1.82) is 0 Å². The van der Waals surface area contributed by atoms with Crippen LogP contribution in [-0.2, 0) is 0 Å². The van der Waals surface area contributed by atoms with Crippen LogP contribution in [0.2, 0.25) is 0 Å². The van der Waals surface area contributed by atoms with E-state index in [-0.39, 0.29) is 0 Å². The molecule has 0 spiro atoms. The summed E-state index contributed by atoms with van der Waals surface area (Å²) in [6, 6.07) is 11.9. The number of nitrogen functional groups attached to an aromatic ring is 1. The van der Waals surface area contributed by atoms with Gasteiger partial charge in [0.1, 0.15) is 5.01 Å². The van der Waals surface area contributed by atoms with Crippen molar-refractivity contribution in [2.24, 2.45) is 0 Å². The van der Waals surface area contributed by atoms with Crippen LogP contribution < -0.4 is 5.73 Å². The molecule has 0 bridgehead atoms. The summed E-state index contributed by atoms with van der Waals surface area (Å²) in [7, 11) is 0. The highest BCUT2D eigenvalue weighted by atomic mass is 32.1. The summed E-state index contributed by atoms with van der Waals surface area (Å²) in [6.45, 7) is 4.01. The van der Waals surface area contributed by atoms with Crippen LogP contribution in [0.3, 0.4) is 0 Å². The van der Waals surface area contributed by atoms with Crippen molar-refractivity contribution < 1.29 is 0 Å². The van der Waals surface area contributed by atoms with E-state index in [2.05, 4.69) is 22.5 Å². The second-order valence-electron chi connectivity index (χ2n) is 4.80. The van der Waals surface area contributed by atoms with E-state index < -0.39 is 0 Å². The topological polar surface area (TPSA) is 51.8 Å². The van der Waals surface area contributed by atoms with E-state index in [0.717, 1.165) is 38.9 Å². The van der Waals surface area contributed by atoms with Gasteiger partial charge in [0.2, 0.25) is 0 Å². The molecule has 0 aliphatic heterocycles. The number of benzene rings is 1. The fourth-order valence-corrected chi connectivity index (χ4v) is 2.97. The largest absolute Gasteiger partial charge is 0.399 e. The lowest BCUT2D eigenvalue weighted by Gasteiger charge is -2.01. The number of aryl methyl sites for hydroxylation is 2. The number of pyridine rings is 1. The van der Waals surface area contributed by atoms with Gasteiger partial charge in [0.15, 0.2) is 0 Å². The average molecular weight is 281 g/mol. The first kappa shape index (κ1) is 12.8. The Balaban J connectivity index is 1.99. The van der Waals surface area contributed by atoms with Crippen LogP contribution in [0.1, 0.15) is 11.4 Å². The standard InChI is InChI=1S/C16H15N3S/c1-10-7-13(8-11(2)18-10)16-19-15(9-20-16)12-3-5-14(17)6-4-12/h3-9H,17H2,1-2H3.